The maximum absolute atomic E-state index is 12.5. The van der Waals surface area contributed by atoms with Crippen LogP contribution >= 0.6 is 11.8 Å². The first-order chi connectivity index (χ1) is 12.6. The van der Waals surface area contributed by atoms with Crippen molar-refractivity contribution in [1.29, 1.82) is 0 Å². The van der Waals surface area contributed by atoms with E-state index in [2.05, 4.69) is 42.3 Å². The van der Waals surface area contributed by atoms with Crippen molar-refractivity contribution < 1.29 is 9.53 Å². The van der Waals surface area contributed by atoms with Crippen LogP contribution in [-0.4, -0.2) is 54.9 Å². The molecule has 0 aromatic heterocycles. The van der Waals surface area contributed by atoms with Crippen molar-refractivity contribution in [3.63, 3.8) is 0 Å². The maximum atomic E-state index is 12.5. The summed E-state index contributed by atoms with van der Waals surface area (Å²) in [5, 5.41) is 3.25. The van der Waals surface area contributed by atoms with Crippen LogP contribution in [0.1, 0.15) is 43.2 Å². The highest BCUT2D eigenvalue weighted by Gasteiger charge is 2.38. The molecule has 0 unspecified atom stereocenters. The fourth-order valence-corrected chi connectivity index (χ4v) is 5.11. The van der Waals surface area contributed by atoms with Gasteiger partial charge in [0.05, 0.1) is 19.0 Å². The summed E-state index contributed by atoms with van der Waals surface area (Å²) in [6.07, 6.45) is 6.24. The molecular formula is C21H32N2O2S. The molecule has 0 radical (unpaired) electrons. The molecule has 5 heteroatoms. The Labute approximate surface area is 162 Å². The first-order valence-corrected chi connectivity index (χ1v) is 10.9. The highest BCUT2D eigenvalue weighted by molar-refractivity contribution is 8.00. The molecule has 1 N–H and O–H groups in total. The molecule has 4 nitrogen and oxygen atoms in total. The van der Waals surface area contributed by atoms with Crippen molar-refractivity contribution >= 4 is 17.7 Å². The number of aryl methyl sites for hydroxylation is 2. The van der Waals surface area contributed by atoms with E-state index in [1.54, 1.807) is 11.8 Å². The van der Waals surface area contributed by atoms with Gasteiger partial charge < -0.3 is 10.1 Å². The third-order valence-electron chi connectivity index (χ3n) is 5.77. The molecule has 0 bridgehead atoms. The van der Waals surface area contributed by atoms with Gasteiger partial charge in [-0.15, -0.1) is 11.8 Å². The van der Waals surface area contributed by atoms with E-state index in [0.717, 1.165) is 32.8 Å². The number of hydrogen-bond donors (Lipinski definition) is 1. The molecule has 1 aliphatic heterocycles. The standard InChI is InChI=1S/C21H32N2O2S/c1-17-6-7-19(18(2)14-17)26-15-20(24)22-16-21(8-4-3-5-9-21)23-10-12-25-13-11-23/h6-7,14H,3-5,8-13,15-16H2,1-2H3,(H,22,24). The molecule has 1 amide bonds. The van der Waals surface area contributed by atoms with Gasteiger partial charge in [-0.3, -0.25) is 9.69 Å². The summed E-state index contributed by atoms with van der Waals surface area (Å²) in [7, 11) is 0. The van der Waals surface area contributed by atoms with Crippen LogP contribution in [-0.2, 0) is 9.53 Å². The lowest BCUT2D eigenvalue weighted by molar-refractivity contribution is -0.119. The molecule has 0 spiro atoms. The molecule has 1 saturated heterocycles. The van der Waals surface area contributed by atoms with Crippen LogP contribution in [0.25, 0.3) is 0 Å². The number of nitrogens with one attached hydrogen (secondary N) is 1. The minimum Gasteiger partial charge on any atom is -0.379 e. The quantitative estimate of drug-likeness (QED) is 0.771. The van der Waals surface area contributed by atoms with Gasteiger partial charge in [0.1, 0.15) is 0 Å². The highest BCUT2D eigenvalue weighted by atomic mass is 32.2. The molecule has 0 atom stereocenters. The number of morpholine rings is 1. The number of hydrogen-bond acceptors (Lipinski definition) is 4. The lowest BCUT2D eigenvalue weighted by Crippen LogP contribution is -2.59. The first-order valence-electron chi connectivity index (χ1n) is 9.89. The van der Waals surface area contributed by atoms with Gasteiger partial charge in [0.25, 0.3) is 0 Å². The number of benzene rings is 1. The number of carbonyl (C=O) groups is 1. The summed E-state index contributed by atoms with van der Waals surface area (Å²) >= 11 is 1.64. The topological polar surface area (TPSA) is 41.6 Å². The number of nitrogens with zero attached hydrogens (tertiary/aromatic N) is 1. The third kappa shape index (κ3) is 5.02. The molecule has 1 aliphatic carbocycles. The van der Waals surface area contributed by atoms with Gasteiger partial charge in [0.2, 0.25) is 5.91 Å². The van der Waals surface area contributed by atoms with Crippen LogP contribution in [0.5, 0.6) is 0 Å². The van der Waals surface area contributed by atoms with E-state index >= 15 is 0 Å². The van der Waals surface area contributed by atoms with Crippen molar-refractivity contribution in [2.75, 3.05) is 38.6 Å². The largest absolute Gasteiger partial charge is 0.379 e. The predicted molar refractivity (Wildman–Crippen MR) is 108 cm³/mol. The Kier molecular flexibility index (Phi) is 7.01. The van der Waals surface area contributed by atoms with Gasteiger partial charge in [-0.2, -0.15) is 0 Å². The summed E-state index contributed by atoms with van der Waals surface area (Å²) < 4.78 is 5.54. The van der Waals surface area contributed by atoms with Gasteiger partial charge in [0, 0.05) is 30.1 Å². The van der Waals surface area contributed by atoms with Gasteiger partial charge >= 0.3 is 0 Å². The molecule has 1 aromatic rings. The molecule has 3 rings (SSSR count). The summed E-state index contributed by atoms with van der Waals surface area (Å²) in [4.78, 5) is 16.3. The van der Waals surface area contributed by atoms with Crippen LogP contribution in [0.15, 0.2) is 23.1 Å². The molecule has 1 heterocycles. The SMILES string of the molecule is Cc1ccc(SCC(=O)NCC2(N3CCOCC3)CCCCC2)c(C)c1. The van der Waals surface area contributed by atoms with E-state index < -0.39 is 0 Å². The zero-order valence-corrected chi connectivity index (χ0v) is 17.0. The average Bonchev–Trinajstić information content (AvgIpc) is 2.67. The Hall–Kier alpha value is -1.04. The maximum Gasteiger partial charge on any atom is 0.230 e. The Morgan fingerprint density at radius 2 is 1.92 bits per heavy atom. The molecular weight excluding hydrogens is 344 g/mol. The lowest BCUT2D eigenvalue weighted by Gasteiger charge is -2.48. The van der Waals surface area contributed by atoms with E-state index in [-0.39, 0.29) is 11.4 Å². The fourth-order valence-electron chi connectivity index (χ4n) is 4.27. The second-order valence-electron chi connectivity index (χ2n) is 7.72. The molecule has 2 fully saturated rings. The monoisotopic (exact) mass is 376 g/mol. The smallest absolute Gasteiger partial charge is 0.230 e. The van der Waals surface area contributed by atoms with Crippen LogP contribution in [0.2, 0.25) is 0 Å². The van der Waals surface area contributed by atoms with Crippen molar-refractivity contribution in [3.05, 3.63) is 29.3 Å². The van der Waals surface area contributed by atoms with Crippen molar-refractivity contribution in [1.82, 2.24) is 10.2 Å². The van der Waals surface area contributed by atoms with Crippen LogP contribution in [0, 0.1) is 13.8 Å². The number of rotatable bonds is 6. The third-order valence-corrected chi connectivity index (χ3v) is 6.95. The second kappa shape index (κ2) is 9.25. The number of thioether (sulfide) groups is 1. The second-order valence-corrected chi connectivity index (χ2v) is 8.74. The minimum atomic E-state index is 0.141. The summed E-state index contributed by atoms with van der Waals surface area (Å²) in [6, 6.07) is 6.41. The van der Waals surface area contributed by atoms with Gasteiger partial charge in [0.15, 0.2) is 0 Å². The lowest BCUT2D eigenvalue weighted by atomic mass is 9.79. The summed E-state index contributed by atoms with van der Waals surface area (Å²) in [5.41, 5.74) is 2.66. The minimum absolute atomic E-state index is 0.141. The van der Waals surface area contributed by atoms with Crippen LogP contribution in [0.3, 0.4) is 0 Å². The van der Waals surface area contributed by atoms with E-state index in [1.165, 1.54) is 48.1 Å². The molecule has 26 heavy (non-hydrogen) atoms. The highest BCUT2D eigenvalue weighted by Crippen LogP contribution is 2.34. The normalized spacial score (nSPS) is 20.7. The average molecular weight is 377 g/mol. The molecule has 1 aromatic carbocycles. The van der Waals surface area contributed by atoms with Crippen LogP contribution < -0.4 is 5.32 Å². The van der Waals surface area contributed by atoms with Gasteiger partial charge in [-0.05, 0) is 38.3 Å². The fraction of sp³-hybridized carbons (Fsp3) is 0.667. The first kappa shape index (κ1) is 19.7. The Bertz CT molecular complexity index is 608. The van der Waals surface area contributed by atoms with E-state index in [4.69, 9.17) is 4.74 Å². The van der Waals surface area contributed by atoms with E-state index in [9.17, 15) is 4.79 Å². The van der Waals surface area contributed by atoms with Crippen molar-refractivity contribution in [3.8, 4) is 0 Å². The summed E-state index contributed by atoms with van der Waals surface area (Å²) in [5.74, 6) is 0.636. The number of carbonyl (C=O) groups excluding carboxylic acids is 1. The Balaban J connectivity index is 1.53. The Morgan fingerprint density at radius 3 is 2.62 bits per heavy atom. The molecule has 1 saturated carbocycles. The van der Waals surface area contributed by atoms with Crippen molar-refractivity contribution in [2.24, 2.45) is 0 Å². The molecule has 2 aliphatic rings. The number of amides is 1. The Morgan fingerprint density at radius 1 is 1.19 bits per heavy atom. The number of ether oxygens (including phenoxy) is 1. The van der Waals surface area contributed by atoms with E-state index in [1.807, 2.05) is 0 Å². The van der Waals surface area contributed by atoms with Crippen molar-refractivity contribution in [2.45, 2.75) is 56.4 Å². The van der Waals surface area contributed by atoms with Crippen LogP contribution in [0.4, 0.5) is 0 Å². The van der Waals surface area contributed by atoms with E-state index in [0.29, 0.717) is 5.75 Å². The van der Waals surface area contributed by atoms with Gasteiger partial charge in [-0.25, -0.2) is 0 Å². The van der Waals surface area contributed by atoms with Gasteiger partial charge in [-0.1, -0.05) is 37.0 Å². The zero-order chi connectivity index (χ0) is 18.4. The summed E-state index contributed by atoms with van der Waals surface area (Å²) in [6.45, 7) is 8.61. The predicted octanol–water partition coefficient (Wildman–Crippen LogP) is 3.55. The zero-order valence-electron chi connectivity index (χ0n) is 16.2. The molecule has 144 valence electrons.